The SMILES string of the molecule is C[C@@H]1Cc2ccccc2N1Cc1cc(C#N)ccc1F. The number of nitrogens with zero attached hydrogens (tertiary/aromatic N) is 2. The van der Waals surface area contributed by atoms with Crippen molar-refractivity contribution in [2.24, 2.45) is 0 Å². The molecule has 1 aliphatic rings. The van der Waals surface area contributed by atoms with Crippen molar-refractivity contribution in [3.05, 3.63) is 65.0 Å². The van der Waals surface area contributed by atoms with E-state index in [1.807, 2.05) is 12.1 Å². The summed E-state index contributed by atoms with van der Waals surface area (Å²) in [6.45, 7) is 2.64. The Bertz CT molecular complexity index is 688. The molecule has 0 radical (unpaired) electrons. The first-order chi connectivity index (χ1) is 9.69. The molecule has 0 fully saturated rings. The molecule has 0 saturated heterocycles. The zero-order valence-corrected chi connectivity index (χ0v) is 11.3. The van der Waals surface area contributed by atoms with Crippen molar-refractivity contribution in [1.82, 2.24) is 0 Å². The molecule has 0 N–H and O–H groups in total. The van der Waals surface area contributed by atoms with Gasteiger partial charge in [-0.3, -0.25) is 0 Å². The van der Waals surface area contributed by atoms with E-state index < -0.39 is 0 Å². The molecule has 0 unspecified atom stereocenters. The van der Waals surface area contributed by atoms with E-state index in [0.29, 0.717) is 23.7 Å². The summed E-state index contributed by atoms with van der Waals surface area (Å²) in [5.74, 6) is -0.249. The van der Waals surface area contributed by atoms with Gasteiger partial charge in [0.25, 0.3) is 0 Å². The number of anilines is 1. The van der Waals surface area contributed by atoms with Gasteiger partial charge in [0.2, 0.25) is 0 Å². The van der Waals surface area contributed by atoms with Crippen LogP contribution in [-0.4, -0.2) is 6.04 Å². The predicted molar refractivity (Wildman–Crippen MR) is 76.9 cm³/mol. The maximum absolute atomic E-state index is 13.9. The second-order valence-corrected chi connectivity index (χ2v) is 5.23. The quantitative estimate of drug-likeness (QED) is 0.829. The lowest BCUT2D eigenvalue weighted by Gasteiger charge is -2.25. The van der Waals surface area contributed by atoms with Gasteiger partial charge in [0.05, 0.1) is 11.6 Å². The van der Waals surface area contributed by atoms with Crippen molar-refractivity contribution < 1.29 is 4.39 Å². The van der Waals surface area contributed by atoms with Crippen LogP contribution in [0.2, 0.25) is 0 Å². The minimum Gasteiger partial charge on any atom is -0.364 e. The topological polar surface area (TPSA) is 27.0 Å². The van der Waals surface area contributed by atoms with Gasteiger partial charge in [-0.15, -0.1) is 0 Å². The maximum Gasteiger partial charge on any atom is 0.128 e. The number of rotatable bonds is 2. The highest BCUT2D eigenvalue weighted by atomic mass is 19.1. The number of nitriles is 1. The summed E-state index contributed by atoms with van der Waals surface area (Å²) in [5.41, 5.74) is 3.55. The molecule has 3 rings (SSSR count). The third kappa shape index (κ3) is 2.14. The number of hydrogen-bond acceptors (Lipinski definition) is 2. The van der Waals surface area contributed by atoms with E-state index in [0.717, 1.165) is 6.42 Å². The fraction of sp³-hybridized carbons (Fsp3) is 0.235. The molecule has 2 aromatic rings. The Kier molecular flexibility index (Phi) is 3.15. The van der Waals surface area contributed by atoms with Crippen LogP contribution in [0.15, 0.2) is 42.5 Å². The first kappa shape index (κ1) is 12.7. The minimum atomic E-state index is -0.249. The summed E-state index contributed by atoms with van der Waals surface area (Å²) >= 11 is 0. The van der Waals surface area contributed by atoms with E-state index in [1.54, 1.807) is 6.07 Å². The summed E-state index contributed by atoms with van der Waals surface area (Å²) in [5, 5.41) is 8.94. The standard InChI is InChI=1S/C17H15FN2/c1-12-8-14-4-2-3-5-17(14)20(12)11-15-9-13(10-19)6-7-16(15)18/h2-7,9,12H,8,11H2,1H3/t12-/m1/s1. The highest BCUT2D eigenvalue weighted by Crippen LogP contribution is 2.33. The molecule has 1 aliphatic heterocycles. The molecule has 2 aromatic carbocycles. The molecule has 1 atom stereocenters. The van der Waals surface area contributed by atoms with Gasteiger partial charge in [-0.05, 0) is 43.2 Å². The summed E-state index contributed by atoms with van der Waals surface area (Å²) in [6.07, 6.45) is 0.982. The Morgan fingerprint density at radius 2 is 2.10 bits per heavy atom. The molecule has 0 spiro atoms. The van der Waals surface area contributed by atoms with Crippen LogP contribution in [-0.2, 0) is 13.0 Å². The van der Waals surface area contributed by atoms with Crippen LogP contribution in [0.1, 0.15) is 23.6 Å². The molecule has 0 amide bonds. The first-order valence-corrected chi connectivity index (χ1v) is 6.72. The molecular weight excluding hydrogens is 251 g/mol. The van der Waals surface area contributed by atoms with E-state index in [4.69, 9.17) is 5.26 Å². The fourth-order valence-electron chi connectivity index (χ4n) is 2.82. The van der Waals surface area contributed by atoms with Gasteiger partial charge in [-0.1, -0.05) is 18.2 Å². The monoisotopic (exact) mass is 266 g/mol. The van der Waals surface area contributed by atoms with Gasteiger partial charge in [0, 0.05) is 23.8 Å². The highest BCUT2D eigenvalue weighted by Gasteiger charge is 2.26. The van der Waals surface area contributed by atoms with Crippen molar-refractivity contribution in [2.75, 3.05) is 4.90 Å². The molecule has 0 aromatic heterocycles. The third-order valence-electron chi connectivity index (χ3n) is 3.86. The smallest absolute Gasteiger partial charge is 0.128 e. The molecule has 20 heavy (non-hydrogen) atoms. The summed E-state index contributed by atoms with van der Waals surface area (Å²) in [7, 11) is 0. The number of fused-ring (bicyclic) bond motifs is 1. The summed E-state index contributed by atoms with van der Waals surface area (Å²) in [4.78, 5) is 2.20. The molecule has 0 saturated carbocycles. The zero-order chi connectivity index (χ0) is 14.1. The van der Waals surface area contributed by atoms with Gasteiger partial charge < -0.3 is 4.90 Å². The molecule has 1 heterocycles. The minimum absolute atomic E-state index is 0.249. The lowest BCUT2D eigenvalue weighted by Crippen LogP contribution is -2.29. The molecule has 2 nitrogen and oxygen atoms in total. The highest BCUT2D eigenvalue weighted by molar-refractivity contribution is 5.59. The summed E-state index contributed by atoms with van der Waals surface area (Å²) in [6, 6.07) is 15.2. The van der Waals surface area contributed by atoms with Crippen LogP contribution in [0.25, 0.3) is 0 Å². The van der Waals surface area contributed by atoms with Gasteiger partial charge in [0.1, 0.15) is 5.82 Å². The van der Waals surface area contributed by atoms with E-state index in [-0.39, 0.29) is 5.82 Å². The van der Waals surface area contributed by atoms with Gasteiger partial charge in [-0.2, -0.15) is 5.26 Å². The Labute approximate surface area is 118 Å². The Hall–Kier alpha value is -2.34. The molecule has 0 bridgehead atoms. The number of para-hydroxylation sites is 1. The van der Waals surface area contributed by atoms with Crippen LogP contribution < -0.4 is 4.90 Å². The van der Waals surface area contributed by atoms with Crippen molar-refractivity contribution in [2.45, 2.75) is 25.9 Å². The molecule has 100 valence electrons. The summed E-state index contributed by atoms with van der Waals surface area (Å²) < 4.78 is 13.9. The van der Waals surface area contributed by atoms with Crippen molar-refractivity contribution in [3.8, 4) is 6.07 Å². The van der Waals surface area contributed by atoms with Gasteiger partial charge >= 0.3 is 0 Å². The van der Waals surface area contributed by atoms with E-state index in [2.05, 4.69) is 30.0 Å². The van der Waals surface area contributed by atoms with Crippen molar-refractivity contribution in [3.63, 3.8) is 0 Å². The van der Waals surface area contributed by atoms with Gasteiger partial charge in [-0.25, -0.2) is 4.39 Å². The molecule has 0 aliphatic carbocycles. The Morgan fingerprint density at radius 1 is 1.30 bits per heavy atom. The zero-order valence-electron chi connectivity index (χ0n) is 11.3. The predicted octanol–water partition coefficient (Wildman–Crippen LogP) is 3.65. The van der Waals surface area contributed by atoms with Crippen LogP contribution in [0.4, 0.5) is 10.1 Å². The van der Waals surface area contributed by atoms with Crippen LogP contribution >= 0.6 is 0 Å². The first-order valence-electron chi connectivity index (χ1n) is 6.72. The average molecular weight is 266 g/mol. The Morgan fingerprint density at radius 3 is 2.90 bits per heavy atom. The van der Waals surface area contributed by atoms with E-state index >= 15 is 0 Å². The lowest BCUT2D eigenvalue weighted by molar-refractivity contribution is 0.593. The van der Waals surface area contributed by atoms with Gasteiger partial charge in [0.15, 0.2) is 0 Å². The molecular formula is C17H15FN2. The molecule has 3 heteroatoms. The number of hydrogen-bond donors (Lipinski definition) is 0. The fourth-order valence-corrected chi connectivity index (χ4v) is 2.82. The van der Waals surface area contributed by atoms with Crippen molar-refractivity contribution in [1.29, 1.82) is 5.26 Å². The average Bonchev–Trinajstić information content (AvgIpc) is 2.77. The van der Waals surface area contributed by atoms with E-state index in [9.17, 15) is 4.39 Å². The van der Waals surface area contributed by atoms with Crippen LogP contribution in [0, 0.1) is 17.1 Å². The second kappa shape index (κ2) is 4.97. The third-order valence-corrected chi connectivity index (χ3v) is 3.86. The van der Waals surface area contributed by atoms with Crippen LogP contribution in [0.3, 0.4) is 0 Å². The maximum atomic E-state index is 13.9. The van der Waals surface area contributed by atoms with E-state index in [1.165, 1.54) is 23.4 Å². The Balaban J connectivity index is 1.94. The second-order valence-electron chi connectivity index (χ2n) is 5.23. The normalized spacial score (nSPS) is 16.9. The number of halogens is 1. The van der Waals surface area contributed by atoms with Crippen LogP contribution in [0.5, 0.6) is 0 Å². The lowest BCUT2D eigenvalue weighted by atomic mass is 10.1. The van der Waals surface area contributed by atoms with Crippen molar-refractivity contribution >= 4 is 5.69 Å². The largest absolute Gasteiger partial charge is 0.364 e. The number of benzene rings is 2.